The van der Waals surface area contributed by atoms with Crippen molar-refractivity contribution in [3.63, 3.8) is 0 Å². The maximum atomic E-state index is 11.4. The predicted molar refractivity (Wildman–Crippen MR) is 75.2 cm³/mol. The number of benzene rings is 1. The van der Waals surface area contributed by atoms with E-state index in [1.165, 1.54) is 0 Å². The standard InChI is InChI=1S/C15H21NO4/c1-4-16(15(2,3)14(17)18)10-11-5-6-12-13(9-11)20-8-7-19-12/h5-6,9H,4,7-8,10H2,1-3H3,(H,17,18). The zero-order chi connectivity index (χ0) is 14.8. The Hall–Kier alpha value is -1.75. The molecule has 20 heavy (non-hydrogen) atoms. The molecule has 1 aromatic carbocycles. The molecule has 0 fully saturated rings. The van der Waals surface area contributed by atoms with Gasteiger partial charge in [0.2, 0.25) is 0 Å². The van der Waals surface area contributed by atoms with Crippen LogP contribution in [0.5, 0.6) is 11.5 Å². The molecule has 0 amide bonds. The van der Waals surface area contributed by atoms with Crippen molar-refractivity contribution in [2.24, 2.45) is 0 Å². The van der Waals surface area contributed by atoms with Crippen LogP contribution in [-0.2, 0) is 11.3 Å². The molecule has 0 spiro atoms. The molecule has 0 bridgehead atoms. The number of likely N-dealkylation sites (N-methyl/N-ethyl adjacent to an activating group) is 1. The van der Waals surface area contributed by atoms with Crippen molar-refractivity contribution in [2.75, 3.05) is 19.8 Å². The summed E-state index contributed by atoms with van der Waals surface area (Å²) in [5.41, 5.74) is 0.118. The lowest BCUT2D eigenvalue weighted by Crippen LogP contribution is -2.49. The number of carboxylic acids is 1. The van der Waals surface area contributed by atoms with Crippen LogP contribution in [0.15, 0.2) is 18.2 Å². The first-order chi connectivity index (χ1) is 9.45. The van der Waals surface area contributed by atoms with E-state index in [4.69, 9.17) is 9.47 Å². The Bertz CT molecular complexity index is 499. The summed E-state index contributed by atoms with van der Waals surface area (Å²) >= 11 is 0. The van der Waals surface area contributed by atoms with Crippen LogP contribution >= 0.6 is 0 Å². The summed E-state index contributed by atoms with van der Waals surface area (Å²) in [6.07, 6.45) is 0. The lowest BCUT2D eigenvalue weighted by atomic mass is 10.0. The molecule has 1 N–H and O–H groups in total. The smallest absolute Gasteiger partial charge is 0.323 e. The third-order valence-electron chi connectivity index (χ3n) is 3.68. The minimum atomic E-state index is -0.901. The van der Waals surface area contributed by atoms with E-state index in [1.54, 1.807) is 13.8 Å². The van der Waals surface area contributed by atoms with E-state index in [-0.39, 0.29) is 0 Å². The summed E-state index contributed by atoms with van der Waals surface area (Å²) in [6, 6.07) is 5.76. The van der Waals surface area contributed by atoms with Gasteiger partial charge in [0.15, 0.2) is 11.5 Å². The number of ether oxygens (including phenoxy) is 2. The van der Waals surface area contributed by atoms with Crippen molar-refractivity contribution in [1.29, 1.82) is 0 Å². The summed E-state index contributed by atoms with van der Waals surface area (Å²) in [6.45, 7) is 7.74. The highest BCUT2D eigenvalue weighted by atomic mass is 16.6. The molecule has 2 rings (SSSR count). The van der Waals surface area contributed by atoms with Crippen molar-refractivity contribution in [3.05, 3.63) is 23.8 Å². The van der Waals surface area contributed by atoms with Crippen molar-refractivity contribution >= 4 is 5.97 Å². The number of fused-ring (bicyclic) bond motifs is 1. The van der Waals surface area contributed by atoms with Crippen LogP contribution in [0.1, 0.15) is 26.3 Å². The summed E-state index contributed by atoms with van der Waals surface area (Å²) < 4.78 is 11.0. The molecule has 1 aromatic rings. The fraction of sp³-hybridized carbons (Fsp3) is 0.533. The molecule has 5 heteroatoms. The highest BCUT2D eigenvalue weighted by Gasteiger charge is 2.33. The summed E-state index contributed by atoms with van der Waals surface area (Å²) in [7, 11) is 0. The number of aliphatic carboxylic acids is 1. The van der Waals surface area contributed by atoms with Crippen molar-refractivity contribution in [1.82, 2.24) is 4.90 Å². The lowest BCUT2D eigenvalue weighted by molar-refractivity contribution is -0.149. The summed E-state index contributed by atoms with van der Waals surface area (Å²) in [5, 5.41) is 9.33. The van der Waals surface area contributed by atoms with Gasteiger partial charge in [-0.1, -0.05) is 13.0 Å². The van der Waals surface area contributed by atoms with Crippen LogP contribution in [0.4, 0.5) is 0 Å². The maximum Gasteiger partial charge on any atom is 0.323 e. The topological polar surface area (TPSA) is 59.0 Å². The Morgan fingerprint density at radius 1 is 1.30 bits per heavy atom. The molecule has 110 valence electrons. The average molecular weight is 279 g/mol. The number of nitrogens with zero attached hydrogens (tertiary/aromatic N) is 1. The SMILES string of the molecule is CCN(Cc1ccc2c(c1)OCCO2)C(C)(C)C(=O)O. The normalized spacial score (nSPS) is 14.4. The third kappa shape index (κ3) is 2.88. The van der Waals surface area contributed by atoms with Crippen LogP contribution in [0.3, 0.4) is 0 Å². The Balaban J connectivity index is 2.18. The number of hydrogen-bond acceptors (Lipinski definition) is 4. The molecule has 0 radical (unpaired) electrons. The molecule has 5 nitrogen and oxygen atoms in total. The number of carboxylic acid groups (broad SMARTS) is 1. The van der Waals surface area contributed by atoms with E-state index >= 15 is 0 Å². The average Bonchev–Trinajstić information content (AvgIpc) is 2.44. The number of rotatable bonds is 5. The van der Waals surface area contributed by atoms with E-state index in [9.17, 15) is 9.90 Å². The van der Waals surface area contributed by atoms with E-state index in [2.05, 4.69) is 0 Å². The molecular formula is C15H21NO4. The molecule has 0 saturated carbocycles. The van der Waals surface area contributed by atoms with Gasteiger partial charge in [-0.2, -0.15) is 0 Å². The molecule has 0 atom stereocenters. The second-order valence-corrected chi connectivity index (χ2v) is 5.36. The highest BCUT2D eigenvalue weighted by molar-refractivity contribution is 5.77. The van der Waals surface area contributed by atoms with Crippen LogP contribution in [-0.4, -0.2) is 41.3 Å². The van der Waals surface area contributed by atoms with E-state index in [0.29, 0.717) is 26.3 Å². The molecule has 1 aliphatic heterocycles. The van der Waals surface area contributed by atoms with Crippen molar-refractivity contribution in [2.45, 2.75) is 32.9 Å². The van der Waals surface area contributed by atoms with Crippen LogP contribution < -0.4 is 9.47 Å². The van der Waals surface area contributed by atoms with Gasteiger partial charge in [-0.15, -0.1) is 0 Å². The number of carbonyl (C=O) groups is 1. The molecule has 0 saturated heterocycles. The second kappa shape index (κ2) is 5.71. The fourth-order valence-corrected chi connectivity index (χ4v) is 2.25. The van der Waals surface area contributed by atoms with E-state index in [0.717, 1.165) is 17.1 Å². The molecule has 0 unspecified atom stereocenters. The van der Waals surface area contributed by atoms with Crippen molar-refractivity contribution in [3.8, 4) is 11.5 Å². The molecule has 0 aromatic heterocycles. The van der Waals surface area contributed by atoms with Crippen molar-refractivity contribution < 1.29 is 19.4 Å². The van der Waals surface area contributed by atoms with Crippen LogP contribution in [0.2, 0.25) is 0 Å². The molecule has 0 aliphatic carbocycles. The van der Waals surface area contributed by atoms with Gasteiger partial charge in [0.25, 0.3) is 0 Å². The number of hydrogen-bond donors (Lipinski definition) is 1. The minimum Gasteiger partial charge on any atom is -0.486 e. The Labute approximate surface area is 119 Å². The summed E-state index contributed by atoms with van der Waals surface area (Å²) in [5.74, 6) is 0.662. The van der Waals surface area contributed by atoms with Gasteiger partial charge in [0.05, 0.1) is 0 Å². The van der Waals surface area contributed by atoms with Gasteiger partial charge in [-0.05, 0) is 38.1 Å². The summed E-state index contributed by atoms with van der Waals surface area (Å²) in [4.78, 5) is 13.3. The Morgan fingerprint density at radius 3 is 2.55 bits per heavy atom. The third-order valence-corrected chi connectivity index (χ3v) is 3.68. The van der Waals surface area contributed by atoms with E-state index < -0.39 is 11.5 Å². The lowest BCUT2D eigenvalue weighted by Gasteiger charge is -2.34. The maximum absolute atomic E-state index is 11.4. The minimum absolute atomic E-state index is 0.550. The Kier molecular flexibility index (Phi) is 4.18. The van der Waals surface area contributed by atoms with Gasteiger partial charge in [-0.3, -0.25) is 9.69 Å². The zero-order valence-electron chi connectivity index (χ0n) is 12.2. The molecule has 1 aliphatic rings. The largest absolute Gasteiger partial charge is 0.486 e. The van der Waals surface area contributed by atoms with E-state index in [1.807, 2.05) is 30.0 Å². The van der Waals surface area contributed by atoms with Crippen LogP contribution in [0, 0.1) is 0 Å². The first-order valence-electron chi connectivity index (χ1n) is 6.82. The Morgan fingerprint density at radius 2 is 1.95 bits per heavy atom. The first kappa shape index (κ1) is 14.7. The second-order valence-electron chi connectivity index (χ2n) is 5.36. The molecular weight excluding hydrogens is 258 g/mol. The predicted octanol–water partition coefficient (Wildman–Crippen LogP) is 2.14. The monoisotopic (exact) mass is 279 g/mol. The quantitative estimate of drug-likeness (QED) is 0.895. The van der Waals surface area contributed by atoms with Gasteiger partial charge in [0.1, 0.15) is 18.8 Å². The van der Waals surface area contributed by atoms with Gasteiger partial charge in [-0.25, -0.2) is 0 Å². The fourth-order valence-electron chi connectivity index (χ4n) is 2.25. The van der Waals surface area contributed by atoms with Gasteiger partial charge in [0, 0.05) is 6.54 Å². The van der Waals surface area contributed by atoms with Gasteiger partial charge < -0.3 is 14.6 Å². The van der Waals surface area contributed by atoms with Crippen LogP contribution in [0.25, 0.3) is 0 Å². The van der Waals surface area contributed by atoms with Gasteiger partial charge >= 0.3 is 5.97 Å². The zero-order valence-corrected chi connectivity index (χ0v) is 12.2. The highest BCUT2D eigenvalue weighted by Crippen LogP contribution is 2.31. The molecule has 1 heterocycles. The first-order valence-corrected chi connectivity index (χ1v) is 6.82.